The molecule has 1 aromatic heterocycles. The standard InChI is InChI=1S/C29H33ClN6O2S/c1-31-25-11-8-20(18-23(25)30)36-28(19-6-4-5-7-19)22-10-12-24-21(27(22)33-36)9-13-26(32-24)29(37)34-14-16-35(17-15-34)39(2,3)38/h8-9,11,13,18-19,22,28H,2,4-7,10,12,14-17H2,3H3. The second-order valence-electron chi connectivity index (χ2n) is 11.1. The van der Waals surface area contributed by atoms with E-state index < -0.39 is 9.71 Å². The van der Waals surface area contributed by atoms with E-state index in [-0.39, 0.29) is 11.9 Å². The second kappa shape index (κ2) is 10.2. The minimum Gasteiger partial charge on any atom is -0.335 e. The largest absolute Gasteiger partial charge is 0.335 e. The van der Waals surface area contributed by atoms with Crippen molar-refractivity contribution < 1.29 is 9.00 Å². The lowest BCUT2D eigenvalue weighted by atomic mass is 9.76. The number of nitrogens with zero attached hydrogens (tertiary/aromatic N) is 6. The molecule has 0 bridgehead atoms. The van der Waals surface area contributed by atoms with Crippen LogP contribution in [0.2, 0.25) is 5.02 Å². The van der Waals surface area contributed by atoms with Crippen molar-refractivity contribution in [2.45, 2.75) is 44.6 Å². The van der Waals surface area contributed by atoms with E-state index in [2.05, 4.69) is 15.7 Å². The zero-order chi connectivity index (χ0) is 27.3. The Hall–Kier alpha value is -2.93. The van der Waals surface area contributed by atoms with Crippen LogP contribution >= 0.6 is 11.6 Å². The molecule has 10 heteroatoms. The fraction of sp³-hybridized carbons (Fsp3) is 0.483. The smallest absolute Gasteiger partial charge is 0.272 e. The quantitative estimate of drug-likeness (QED) is 0.400. The first kappa shape index (κ1) is 26.3. The van der Waals surface area contributed by atoms with Crippen LogP contribution in [0.1, 0.15) is 53.8 Å². The van der Waals surface area contributed by atoms with Gasteiger partial charge in [-0.3, -0.25) is 14.0 Å². The molecule has 4 aliphatic rings. The Balaban J connectivity index is 1.28. The minimum atomic E-state index is -2.26. The van der Waals surface area contributed by atoms with Crippen LogP contribution in [0.4, 0.5) is 11.4 Å². The summed E-state index contributed by atoms with van der Waals surface area (Å²) in [4.78, 5) is 23.5. The molecule has 39 heavy (non-hydrogen) atoms. The van der Waals surface area contributed by atoms with E-state index in [4.69, 9.17) is 28.3 Å². The van der Waals surface area contributed by atoms with Crippen LogP contribution in [0.15, 0.2) is 35.4 Å². The Morgan fingerprint density at radius 3 is 2.54 bits per heavy atom. The highest BCUT2D eigenvalue weighted by atomic mass is 35.5. The minimum absolute atomic E-state index is 0.0837. The van der Waals surface area contributed by atoms with Crippen LogP contribution in [0, 0.1) is 18.4 Å². The lowest BCUT2D eigenvalue weighted by molar-refractivity contribution is 0.0694. The van der Waals surface area contributed by atoms with Crippen LogP contribution in [0.5, 0.6) is 0 Å². The summed E-state index contributed by atoms with van der Waals surface area (Å²) in [5, 5.41) is 7.78. The van der Waals surface area contributed by atoms with E-state index in [1.54, 1.807) is 17.2 Å². The van der Waals surface area contributed by atoms with E-state index in [0.29, 0.717) is 54.4 Å². The van der Waals surface area contributed by atoms with Crippen LogP contribution < -0.4 is 5.01 Å². The number of aromatic nitrogens is 1. The average Bonchev–Trinajstić information content (AvgIpc) is 3.60. The lowest BCUT2D eigenvalue weighted by Gasteiger charge is -2.35. The number of aryl methyl sites for hydroxylation is 1. The number of halogens is 1. The molecule has 0 radical (unpaired) electrons. The molecule has 1 aromatic carbocycles. The summed E-state index contributed by atoms with van der Waals surface area (Å²) in [6.45, 7) is 9.47. The SMILES string of the molecule is [C-]#[N+]c1ccc(N2N=C3c4ccc(C(=O)N5CCN(S(=C)(C)=O)CC5)nc4CCC3C2C2CCCC2)cc1Cl. The first-order valence-electron chi connectivity index (χ1n) is 13.7. The summed E-state index contributed by atoms with van der Waals surface area (Å²) < 4.78 is 14.1. The van der Waals surface area contributed by atoms with Crippen molar-refractivity contribution in [3.8, 4) is 0 Å². The summed E-state index contributed by atoms with van der Waals surface area (Å²) in [5.41, 5.74) is 4.83. The lowest BCUT2D eigenvalue weighted by Crippen LogP contribution is -2.50. The number of hydrogen-bond donors (Lipinski definition) is 0. The Morgan fingerprint density at radius 1 is 1.13 bits per heavy atom. The number of pyridine rings is 1. The van der Waals surface area contributed by atoms with Gasteiger partial charge >= 0.3 is 0 Å². The molecule has 2 aliphatic heterocycles. The van der Waals surface area contributed by atoms with E-state index in [9.17, 15) is 9.00 Å². The number of carbonyl (C=O) groups is 1. The van der Waals surface area contributed by atoms with Gasteiger partial charge in [-0.05, 0) is 61.7 Å². The molecule has 1 amide bonds. The number of anilines is 1. The molecule has 1 saturated heterocycles. The van der Waals surface area contributed by atoms with Gasteiger partial charge in [-0.25, -0.2) is 14.1 Å². The number of hydrogen-bond acceptors (Lipinski definition) is 5. The predicted molar refractivity (Wildman–Crippen MR) is 157 cm³/mol. The molecular weight excluding hydrogens is 532 g/mol. The zero-order valence-electron chi connectivity index (χ0n) is 22.2. The topological polar surface area (TPSA) is 73.5 Å². The molecule has 1 saturated carbocycles. The third-order valence-corrected chi connectivity index (χ3v) is 10.5. The molecule has 3 atom stereocenters. The summed E-state index contributed by atoms with van der Waals surface area (Å²) in [7, 11) is -2.26. The number of benzene rings is 1. The van der Waals surface area contributed by atoms with Gasteiger partial charge in [0.05, 0.1) is 29.7 Å². The average molecular weight is 565 g/mol. The summed E-state index contributed by atoms with van der Waals surface area (Å²) >= 11 is 6.44. The van der Waals surface area contributed by atoms with Gasteiger partial charge in [0.2, 0.25) is 5.69 Å². The van der Waals surface area contributed by atoms with Crippen molar-refractivity contribution in [1.82, 2.24) is 14.2 Å². The molecule has 2 aromatic rings. The number of amides is 1. The number of fused-ring (bicyclic) bond motifs is 3. The summed E-state index contributed by atoms with van der Waals surface area (Å²) in [5.74, 6) is 4.54. The molecule has 204 valence electrons. The molecule has 0 spiro atoms. The number of hydrazone groups is 1. The molecule has 8 nitrogen and oxygen atoms in total. The van der Waals surface area contributed by atoms with Gasteiger partial charge in [-0.2, -0.15) is 5.10 Å². The van der Waals surface area contributed by atoms with Crippen molar-refractivity contribution in [3.63, 3.8) is 0 Å². The fourth-order valence-corrected chi connectivity index (χ4v) is 7.86. The summed E-state index contributed by atoms with van der Waals surface area (Å²) in [6.07, 6.45) is 8.27. The van der Waals surface area contributed by atoms with Crippen molar-refractivity contribution in [3.05, 3.63) is 63.7 Å². The first-order valence-corrected chi connectivity index (χ1v) is 16.1. The van der Waals surface area contributed by atoms with Gasteiger partial charge in [0.1, 0.15) is 5.69 Å². The molecule has 3 heterocycles. The van der Waals surface area contributed by atoms with Gasteiger partial charge in [0.25, 0.3) is 5.91 Å². The molecule has 2 aliphatic carbocycles. The van der Waals surface area contributed by atoms with Crippen LogP contribution in [-0.4, -0.2) is 74.4 Å². The maximum absolute atomic E-state index is 13.3. The van der Waals surface area contributed by atoms with Crippen molar-refractivity contribution in [1.29, 1.82) is 0 Å². The predicted octanol–water partition coefficient (Wildman–Crippen LogP) is 4.65. The normalized spacial score (nSPS) is 25.0. The molecule has 6 rings (SSSR count). The molecular formula is C29H33ClN6O2S. The zero-order valence-corrected chi connectivity index (χ0v) is 23.8. The third kappa shape index (κ3) is 4.83. The van der Waals surface area contributed by atoms with Gasteiger partial charge < -0.3 is 4.90 Å². The van der Waals surface area contributed by atoms with E-state index in [1.165, 1.54) is 25.7 Å². The highest BCUT2D eigenvalue weighted by Crippen LogP contribution is 2.45. The van der Waals surface area contributed by atoms with Crippen LogP contribution in [0.3, 0.4) is 0 Å². The Labute approximate surface area is 235 Å². The van der Waals surface area contributed by atoms with Crippen LogP contribution in [0.25, 0.3) is 4.85 Å². The number of piperazine rings is 1. The maximum atomic E-state index is 13.3. The maximum Gasteiger partial charge on any atom is 0.272 e. The van der Waals surface area contributed by atoms with Crippen LogP contribution in [-0.2, 0) is 16.1 Å². The fourth-order valence-electron chi connectivity index (χ4n) is 6.71. The monoisotopic (exact) mass is 564 g/mol. The summed E-state index contributed by atoms with van der Waals surface area (Å²) in [6, 6.07) is 9.71. The first-order chi connectivity index (χ1) is 18.7. The van der Waals surface area contributed by atoms with Crippen molar-refractivity contribution >= 4 is 50.2 Å². The van der Waals surface area contributed by atoms with Gasteiger partial charge in [-0.1, -0.05) is 30.5 Å². The van der Waals surface area contributed by atoms with E-state index in [0.717, 1.165) is 35.5 Å². The number of rotatable bonds is 4. The van der Waals surface area contributed by atoms with E-state index in [1.807, 2.05) is 28.6 Å². The van der Waals surface area contributed by atoms with Gasteiger partial charge in [0, 0.05) is 58.6 Å². The molecule has 3 unspecified atom stereocenters. The van der Waals surface area contributed by atoms with Gasteiger partial charge in [0.15, 0.2) is 0 Å². The Morgan fingerprint density at radius 2 is 1.87 bits per heavy atom. The van der Waals surface area contributed by atoms with Crippen molar-refractivity contribution in [2.24, 2.45) is 16.9 Å². The highest BCUT2D eigenvalue weighted by Gasteiger charge is 2.46. The van der Waals surface area contributed by atoms with Crippen molar-refractivity contribution in [2.75, 3.05) is 37.4 Å². The highest BCUT2D eigenvalue weighted by molar-refractivity contribution is 7.97. The molecule has 2 fully saturated rings. The van der Waals surface area contributed by atoms with Gasteiger partial charge in [-0.15, -0.1) is 0 Å². The Bertz CT molecular complexity index is 1490. The Kier molecular flexibility index (Phi) is 6.90. The molecule has 0 N–H and O–H groups in total. The third-order valence-electron chi connectivity index (χ3n) is 8.69. The number of carbonyl (C=O) groups excluding carboxylic acids is 1. The van der Waals surface area contributed by atoms with E-state index >= 15 is 0 Å². The second-order valence-corrected chi connectivity index (χ2v) is 14.0.